The second kappa shape index (κ2) is 4.09. The minimum Gasteiger partial charge on any atom is -0.389 e. The molecule has 1 heterocycles. The first-order chi connectivity index (χ1) is 8.29. The molecule has 1 spiro atoms. The first-order valence-electron chi connectivity index (χ1n) is 6.30. The van der Waals surface area contributed by atoms with Gasteiger partial charge in [-0.3, -0.25) is 0 Å². The van der Waals surface area contributed by atoms with Gasteiger partial charge in [0, 0.05) is 12.5 Å². The Kier molecular flexibility index (Phi) is 2.69. The molecule has 0 unspecified atom stereocenters. The summed E-state index contributed by atoms with van der Waals surface area (Å²) in [5.41, 5.74) is 2.37. The Morgan fingerprint density at radius 3 is 2.71 bits per heavy atom. The van der Waals surface area contributed by atoms with Gasteiger partial charge in [-0.15, -0.1) is 0 Å². The summed E-state index contributed by atoms with van der Waals surface area (Å²) in [5, 5.41) is 14.0. The lowest BCUT2D eigenvalue weighted by atomic mass is 9.72. The summed E-state index contributed by atoms with van der Waals surface area (Å²) < 4.78 is 5.51. The maximum Gasteiger partial charge on any atom is 0.109 e. The average Bonchev–Trinajstić information content (AvgIpc) is 2.61. The van der Waals surface area contributed by atoms with Crippen LogP contribution in [0.3, 0.4) is 0 Å². The van der Waals surface area contributed by atoms with Gasteiger partial charge in [-0.2, -0.15) is 0 Å². The number of nitrogens with one attached hydrogen (secondary N) is 1. The van der Waals surface area contributed by atoms with Crippen LogP contribution < -0.4 is 5.32 Å². The molecule has 0 radical (unpaired) electrons. The first kappa shape index (κ1) is 11.2. The highest BCUT2D eigenvalue weighted by molar-refractivity contribution is 5.44. The molecule has 2 N–H and O–H groups in total. The molecule has 0 amide bonds. The fourth-order valence-corrected chi connectivity index (χ4v) is 3.51. The molecular formula is C14H19NO2. The van der Waals surface area contributed by atoms with Crippen LogP contribution in [0.5, 0.6) is 0 Å². The summed E-state index contributed by atoms with van der Waals surface area (Å²) in [6.45, 7) is 1.95. The average molecular weight is 233 g/mol. The van der Waals surface area contributed by atoms with Crippen molar-refractivity contribution in [3.63, 3.8) is 0 Å². The first-order valence-corrected chi connectivity index (χ1v) is 6.30. The van der Waals surface area contributed by atoms with Crippen molar-refractivity contribution in [2.45, 2.75) is 30.5 Å². The van der Waals surface area contributed by atoms with Crippen LogP contribution in [0.1, 0.15) is 30.1 Å². The number of aliphatic hydroxyl groups is 1. The van der Waals surface area contributed by atoms with Gasteiger partial charge in [0.2, 0.25) is 0 Å². The van der Waals surface area contributed by atoms with Crippen molar-refractivity contribution in [1.29, 1.82) is 0 Å². The maximum atomic E-state index is 10.6. The number of hydrogen-bond donors (Lipinski definition) is 2. The number of rotatable bonds is 1. The fourth-order valence-electron chi connectivity index (χ4n) is 3.51. The largest absolute Gasteiger partial charge is 0.389 e. The third kappa shape index (κ3) is 1.46. The minimum absolute atomic E-state index is 0.0947. The van der Waals surface area contributed by atoms with Gasteiger partial charge in [-0.1, -0.05) is 24.3 Å². The maximum absolute atomic E-state index is 10.6. The Labute approximate surface area is 102 Å². The molecule has 0 saturated carbocycles. The molecule has 1 aromatic carbocycles. The molecule has 1 aliphatic heterocycles. The number of aliphatic hydroxyl groups excluding tert-OH is 1. The van der Waals surface area contributed by atoms with Crippen molar-refractivity contribution in [2.75, 3.05) is 20.2 Å². The highest BCUT2D eigenvalue weighted by atomic mass is 16.5. The van der Waals surface area contributed by atoms with E-state index in [0.717, 1.165) is 25.9 Å². The molecule has 1 aromatic rings. The van der Waals surface area contributed by atoms with E-state index in [4.69, 9.17) is 4.74 Å². The summed E-state index contributed by atoms with van der Waals surface area (Å²) in [6.07, 6.45) is 1.41. The number of ether oxygens (including phenoxy) is 1. The number of methoxy groups -OCH3 is 1. The Balaban J connectivity index is 2.10. The SMILES string of the molecule is CO[C@@H]1c2ccccc2C2(CCNCC2)[C@H]1O. The molecule has 1 fully saturated rings. The summed E-state index contributed by atoms with van der Waals surface area (Å²) in [6, 6.07) is 8.33. The van der Waals surface area contributed by atoms with E-state index in [0.29, 0.717) is 0 Å². The number of piperidine rings is 1. The zero-order valence-electron chi connectivity index (χ0n) is 10.1. The van der Waals surface area contributed by atoms with Crippen LogP contribution in [0, 0.1) is 0 Å². The summed E-state index contributed by atoms with van der Waals surface area (Å²) in [5.74, 6) is 0. The monoisotopic (exact) mass is 233 g/mol. The highest BCUT2D eigenvalue weighted by Gasteiger charge is 2.51. The van der Waals surface area contributed by atoms with E-state index in [1.807, 2.05) is 6.07 Å². The number of fused-ring (bicyclic) bond motifs is 2. The standard InChI is InChI=1S/C14H19NO2/c1-17-12-10-4-2-3-5-11(10)14(13(12)16)6-8-15-9-7-14/h2-5,12-13,15-16H,6-9H2,1H3/t12-,13+/m1/s1. The van der Waals surface area contributed by atoms with E-state index in [9.17, 15) is 5.11 Å². The van der Waals surface area contributed by atoms with E-state index >= 15 is 0 Å². The zero-order chi connectivity index (χ0) is 11.9. The molecule has 92 valence electrons. The Hall–Kier alpha value is -0.900. The van der Waals surface area contributed by atoms with Crippen molar-refractivity contribution in [3.05, 3.63) is 35.4 Å². The Morgan fingerprint density at radius 1 is 1.29 bits per heavy atom. The molecule has 0 aromatic heterocycles. The molecule has 3 rings (SSSR count). The van der Waals surface area contributed by atoms with Crippen LogP contribution in [-0.4, -0.2) is 31.4 Å². The lowest BCUT2D eigenvalue weighted by Crippen LogP contribution is -2.46. The van der Waals surface area contributed by atoms with Crippen LogP contribution in [0.2, 0.25) is 0 Å². The third-order valence-electron chi connectivity index (χ3n) is 4.41. The van der Waals surface area contributed by atoms with E-state index in [-0.39, 0.29) is 11.5 Å². The normalized spacial score (nSPS) is 30.5. The van der Waals surface area contributed by atoms with E-state index in [2.05, 4.69) is 23.5 Å². The molecule has 2 aliphatic rings. The van der Waals surface area contributed by atoms with Gasteiger partial charge in [0.15, 0.2) is 0 Å². The topological polar surface area (TPSA) is 41.5 Å². The number of benzene rings is 1. The van der Waals surface area contributed by atoms with Gasteiger partial charge in [0.1, 0.15) is 6.10 Å². The van der Waals surface area contributed by atoms with Gasteiger partial charge in [-0.25, -0.2) is 0 Å². The van der Waals surface area contributed by atoms with Crippen LogP contribution >= 0.6 is 0 Å². The summed E-state index contributed by atoms with van der Waals surface area (Å²) in [4.78, 5) is 0. The van der Waals surface area contributed by atoms with Crippen molar-refractivity contribution >= 4 is 0 Å². The Bertz CT molecular complexity index is 412. The second-order valence-corrected chi connectivity index (χ2v) is 5.09. The van der Waals surface area contributed by atoms with Gasteiger partial charge in [-0.05, 0) is 37.1 Å². The molecule has 1 saturated heterocycles. The lowest BCUT2D eigenvalue weighted by Gasteiger charge is -2.38. The minimum atomic E-state index is -0.410. The van der Waals surface area contributed by atoms with Gasteiger partial charge >= 0.3 is 0 Å². The molecule has 1 aliphatic carbocycles. The van der Waals surface area contributed by atoms with Crippen LogP contribution in [0.15, 0.2) is 24.3 Å². The quantitative estimate of drug-likeness (QED) is 0.770. The smallest absolute Gasteiger partial charge is 0.109 e. The Morgan fingerprint density at radius 2 is 2.00 bits per heavy atom. The third-order valence-corrected chi connectivity index (χ3v) is 4.41. The predicted molar refractivity (Wildman–Crippen MR) is 66.0 cm³/mol. The molecule has 3 heteroatoms. The molecule has 2 atom stereocenters. The molecule has 3 nitrogen and oxygen atoms in total. The lowest BCUT2D eigenvalue weighted by molar-refractivity contribution is -0.0463. The molecule has 17 heavy (non-hydrogen) atoms. The predicted octanol–water partition coefficient (Wildman–Crippen LogP) is 1.37. The van der Waals surface area contributed by atoms with Crippen LogP contribution in [0.4, 0.5) is 0 Å². The molecular weight excluding hydrogens is 214 g/mol. The molecule has 0 bridgehead atoms. The van der Waals surface area contributed by atoms with Crippen molar-refractivity contribution in [2.24, 2.45) is 0 Å². The summed E-state index contributed by atoms with van der Waals surface area (Å²) >= 11 is 0. The van der Waals surface area contributed by atoms with Gasteiger partial charge in [0.25, 0.3) is 0 Å². The second-order valence-electron chi connectivity index (χ2n) is 5.09. The van der Waals surface area contributed by atoms with Crippen LogP contribution in [0.25, 0.3) is 0 Å². The van der Waals surface area contributed by atoms with Crippen molar-refractivity contribution in [1.82, 2.24) is 5.32 Å². The summed E-state index contributed by atoms with van der Waals surface area (Å²) in [7, 11) is 1.69. The van der Waals surface area contributed by atoms with E-state index < -0.39 is 6.10 Å². The van der Waals surface area contributed by atoms with Gasteiger partial charge in [0.05, 0.1) is 6.10 Å². The van der Waals surface area contributed by atoms with Crippen LogP contribution in [-0.2, 0) is 10.2 Å². The van der Waals surface area contributed by atoms with Crippen molar-refractivity contribution < 1.29 is 9.84 Å². The van der Waals surface area contributed by atoms with Crippen molar-refractivity contribution in [3.8, 4) is 0 Å². The van der Waals surface area contributed by atoms with Gasteiger partial charge < -0.3 is 15.2 Å². The van der Waals surface area contributed by atoms with E-state index in [1.54, 1.807) is 7.11 Å². The highest BCUT2D eigenvalue weighted by Crippen LogP contribution is 2.50. The number of hydrogen-bond acceptors (Lipinski definition) is 3. The van der Waals surface area contributed by atoms with E-state index in [1.165, 1.54) is 11.1 Å². The fraction of sp³-hybridized carbons (Fsp3) is 0.571. The zero-order valence-corrected chi connectivity index (χ0v) is 10.1.